The maximum absolute atomic E-state index is 10.8. The lowest BCUT2D eigenvalue weighted by Crippen LogP contribution is -2.24. The second-order valence-electron chi connectivity index (χ2n) is 4.87. The summed E-state index contributed by atoms with van der Waals surface area (Å²) in [4.78, 5) is 12.9. The predicted molar refractivity (Wildman–Crippen MR) is 72.2 cm³/mol. The number of hydrogen-bond donors (Lipinski definition) is 2. The van der Waals surface area contributed by atoms with Gasteiger partial charge in [-0.15, -0.1) is 0 Å². The summed E-state index contributed by atoms with van der Waals surface area (Å²) in [6.45, 7) is 0.957. The van der Waals surface area contributed by atoms with Crippen molar-refractivity contribution in [2.45, 2.75) is 12.8 Å². The Labute approximate surface area is 115 Å². The molecule has 2 heterocycles. The van der Waals surface area contributed by atoms with E-state index in [1.807, 2.05) is 13.1 Å². The van der Waals surface area contributed by atoms with Gasteiger partial charge in [-0.3, -0.25) is 0 Å². The molecule has 3 rings (SSSR count). The lowest BCUT2D eigenvalue weighted by atomic mass is 9.97. The third-order valence-electron chi connectivity index (χ3n) is 3.59. The Morgan fingerprint density at radius 3 is 2.95 bits per heavy atom. The topological polar surface area (TPSA) is 86.8 Å². The molecule has 6 nitrogen and oxygen atoms in total. The molecule has 0 spiro atoms. The number of aromatic nitrogens is 1. The van der Waals surface area contributed by atoms with Gasteiger partial charge in [0, 0.05) is 36.5 Å². The third kappa shape index (κ3) is 1.89. The predicted octanol–water partition coefficient (Wildman–Crippen LogP) is 2.13. The number of anilines is 1. The summed E-state index contributed by atoms with van der Waals surface area (Å²) in [6.07, 6.45) is 1.77. The van der Waals surface area contributed by atoms with Gasteiger partial charge in [0.15, 0.2) is 0 Å². The molecule has 0 saturated carbocycles. The van der Waals surface area contributed by atoms with Gasteiger partial charge in [-0.1, -0.05) is 5.16 Å². The van der Waals surface area contributed by atoms with Crippen molar-refractivity contribution < 1.29 is 19.5 Å². The molecule has 1 aromatic heterocycles. The van der Waals surface area contributed by atoms with Crippen LogP contribution in [0.5, 0.6) is 5.75 Å². The highest BCUT2D eigenvalue weighted by atomic mass is 16.5. The van der Waals surface area contributed by atoms with Crippen LogP contribution in [0.1, 0.15) is 22.5 Å². The van der Waals surface area contributed by atoms with E-state index in [-0.39, 0.29) is 11.5 Å². The van der Waals surface area contributed by atoms with Gasteiger partial charge in [0.05, 0.1) is 0 Å². The number of carbonyl (C=O) groups is 1. The molecule has 0 unspecified atom stereocenters. The van der Waals surface area contributed by atoms with Gasteiger partial charge in [0.2, 0.25) is 5.76 Å². The van der Waals surface area contributed by atoms with E-state index in [9.17, 15) is 9.90 Å². The number of benzene rings is 1. The molecule has 6 heteroatoms. The molecule has 104 valence electrons. The Kier molecular flexibility index (Phi) is 2.85. The molecule has 0 saturated heterocycles. The molecule has 1 aromatic carbocycles. The Bertz CT molecular complexity index is 678. The summed E-state index contributed by atoms with van der Waals surface area (Å²) >= 11 is 0. The maximum atomic E-state index is 10.8. The van der Waals surface area contributed by atoms with Crippen LogP contribution in [-0.4, -0.2) is 34.9 Å². The average Bonchev–Trinajstić information content (AvgIpc) is 2.90. The van der Waals surface area contributed by atoms with Gasteiger partial charge in [-0.2, -0.15) is 0 Å². The highest BCUT2D eigenvalue weighted by molar-refractivity contribution is 5.86. The van der Waals surface area contributed by atoms with Crippen LogP contribution in [0, 0.1) is 0 Å². The van der Waals surface area contributed by atoms with Crippen molar-refractivity contribution in [3.05, 3.63) is 29.5 Å². The first kappa shape index (κ1) is 12.5. The fourth-order valence-corrected chi connectivity index (χ4v) is 2.55. The molecule has 0 radical (unpaired) electrons. The normalized spacial score (nSPS) is 14.2. The molecule has 20 heavy (non-hydrogen) atoms. The van der Waals surface area contributed by atoms with Crippen LogP contribution in [0.25, 0.3) is 11.3 Å². The molecule has 2 N–H and O–H groups in total. The molecular formula is C14H14N2O4. The van der Waals surface area contributed by atoms with Crippen LogP contribution < -0.4 is 4.90 Å². The number of fused-ring (bicyclic) bond motifs is 1. The Morgan fingerprint density at radius 1 is 1.45 bits per heavy atom. The quantitative estimate of drug-likeness (QED) is 0.872. The molecule has 1 aliphatic heterocycles. The molecule has 0 fully saturated rings. The lowest BCUT2D eigenvalue weighted by molar-refractivity contribution is 0.0652. The minimum Gasteiger partial charge on any atom is -0.507 e. The number of nitrogens with zero attached hydrogens (tertiary/aromatic N) is 2. The monoisotopic (exact) mass is 274 g/mol. The Morgan fingerprint density at radius 2 is 2.25 bits per heavy atom. The van der Waals surface area contributed by atoms with Crippen molar-refractivity contribution in [2.75, 3.05) is 18.5 Å². The molecule has 0 aliphatic carbocycles. The van der Waals surface area contributed by atoms with Crippen molar-refractivity contribution in [2.24, 2.45) is 0 Å². The smallest absolute Gasteiger partial charge is 0.374 e. The van der Waals surface area contributed by atoms with Crippen molar-refractivity contribution in [3.8, 4) is 17.0 Å². The van der Waals surface area contributed by atoms with Crippen LogP contribution >= 0.6 is 0 Å². The summed E-state index contributed by atoms with van der Waals surface area (Å²) in [5.41, 5.74) is 2.70. The average molecular weight is 274 g/mol. The fraction of sp³-hybridized carbons (Fsp3) is 0.286. The van der Waals surface area contributed by atoms with Crippen LogP contribution in [0.3, 0.4) is 0 Å². The lowest BCUT2D eigenvalue weighted by Gasteiger charge is -2.28. The van der Waals surface area contributed by atoms with E-state index >= 15 is 0 Å². The second-order valence-corrected chi connectivity index (χ2v) is 4.87. The van der Waals surface area contributed by atoms with Gasteiger partial charge < -0.3 is 19.6 Å². The van der Waals surface area contributed by atoms with Gasteiger partial charge in [0.1, 0.15) is 11.4 Å². The summed E-state index contributed by atoms with van der Waals surface area (Å²) < 4.78 is 4.73. The van der Waals surface area contributed by atoms with Crippen LogP contribution in [-0.2, 0) is 6.42 Å². The molecule has 2 aromatic rings. The van der Waals surface area contributed by atoms with E-state index in [1.165, 1.54) is 6.07 Å². The minimum atomic E-state index is -1.18. The van der Waals surface area contributed by atoms with E-state index in [0.717, 1.165) is 30.6 Å². The van der Waals surface area contributed by atoms with Crippen molar-refractivity contribution in [1.82, 2.24) is 5.16 Å². The van der Waals surface area contributed by atoms with Crippen LogP contribution in [0.2, 0.25) is 0 Å². The van der Waals surface area contributed by atoms with E-state index in [0.29, 0.717) is 11.3 Å². The summed E-state index contributed by atoms with van der Waals surface area (Å²) in [5, 5.41) is 22.9. The largest absolute Gasteiger partial charge is 0.507 e. The molecule has 0 amide bonds. The van der Waals surface area contributed by atoms with Gasteiger partial charge in [0.25, 0.3) is 0 Å². The molecule has 1 aliphatic rings. The van der Waals surface area contributed by atoms with E-state index < -0.39 is 5.97 Å². The Hall–Kier alpha value is -2.50. The van der Waals surface area contributed by atoms with Crippen molar-refractivity contribution in [1.29, 1.82) is 0 Å². The first-order valence-corrected chi connectivity index (χ1v) is 6.34. The maximum Gasteiger partial charge on any atom is 0.374 e. The number of aromatic hydroxyl groups is 1. The number of rotatable bonds is 2. The van der Waals surface area contributed by atoms with Crippen LogP contribution in [0.4, 0.5) is 5.69 Å². The first-order valence-electron chi connectivity index (χ1n) is 6.34. The summed E-state index contributed by atoms with van der Waals surface area (Å²) in [6, 6.07) is 4.97. The second kappa shape index (κ2) is 4.56. The number of carboxylic acids is 1. The Balaban J connectivity index is 2.08. The number of hydrogen-bond acceptors (Lipinski definition) is 5. The standard InChI is InChI=1S/C14H14N2O4/c1-16-6-2-3-9-11(16)5-4-8(13(9)17)10-7-12(14(18)19)20-15-10/h4-5,7,17H,2-3,6H2,1H3,(H,18,19). The summed E-state index contributed by atoms with van der Waals surface area (Å²) in [5.74, 6) is -1.27. The van der Waals surface area contributed by atoms with E-state index in [4.69, 9.17) is 9.63 Å². The van der Waals surface area contributed by atoms with Crippen LogP contribution in [0.15, 0.2) is 22.7 Å². The van der Waals surface area contributed by atoms with Gasteiger partial charge >= 0.3 is 5.97 Å². The number of phenols is 1. The van der Waals surface area contributed by atoms with E-state index in [1.54, 1.807) is 6.07 Å². The molecular weight excluding hydrogens is 260 g/mol. The number of carboxylic acid groups (broad SMARTS) is 1. The number of phenolic OH excluding ortho intramolecular Hbond substituents is 1. The van der Waals surface area contributed by atoms with Gasteiger partial charge in [-0.25, -0.2) is 4.79 Å². The highest BCUT2D eigenvalue weighted by Gasteiger charge is 2.22. The molecule has 0 atom stereocenters. The zero-order valence-corrected chi connectivity index (χ0v) is 11.0. The van der Waals surface area contributed by atoms with Crippen molar-refractivity contribution >= 4 is 11.7 Å². The first-order chi connectivity index (χ1) is 9.58. The van der Waals surface area contributed by atoms with Crippen molar-refractivity contribution in [3.63, 3.8) is 0 Å². The van der Waals surface area contributed by atoms with Gasteiger partial charge in [-0.05, 0) is 25.0 Å². The zero-order chi connectivity index (χ0) is 14.3. The fourth-order valence-electron chi connectivity index (χ4n) is 2.55. The SMILES string of the molecule is CN1CCCc2c1ccc(-c1cc(C(=O)O)on1)c2O. The molecule has 0 bridgehead atoms. The number of aromatic carboxylic acids is 1. The highest BCUT2D eigenvalue weighted by Crippen LogP contribution is 2.39. The van der Waals surface area contributed by atoms with E-state index in [2.05, 4.69) is 10.1 Å². The minimum absolute atomic E-state index is 0.152. The third-order valence-corrected chi connectivity index (χ3v) is 3.59. The zero-order valence-electron chi connectivity index (χ0n) is 11.0. The summed E-state index contributed by atoms with van der Waals surface area (Å²) in [7, 11) is 1.98.